The molecular formula is C19H22N4O2. The Labute approximate surface area is 147 Å². The highest BCUT2D eigenvalue weighted by molar-refractivity contribution is 5.78. The van der Waals surface area contributed by atoms with E-state index in [1.54, 1.807) is 12.4 Å². The topological polar surface area (TPSA) is 74.3 Å². The lowest BCUT2D eigenvalue weighted by Crippen LogP contribution is -2.42. The molecule has 1 saturated heterocycles. The Kier molecular flexibility index (Phi) is 5.61. The van der Waals surface area contributed by atoms with Crippen LogP contribution in [0.2, 0.25) is 0 Å². The van der Waals surface area contributed by atoms with Crippen LogP contribution in [0.4, 0.5) is 4.79 Å². The Morgan fingerprint density at radius 2 is 1.92 bits per heavy atom. The highest BCUT2D eigenvalue weighted by Crippen LogP contribution is 2.18. The Balaban J connectivity index is 1.62. The summed E-state index contributed by atoms with van der Waals surface area (Å²) < 4.78 is 0. The molecule has 1 aliphatic heterocycles. The van der Waals surface area contributed by atoms with Gasteiger partial charge in [-0.2, -0.15) is 0 Å². The lowest BCUT2D eigenvalue weighted by atomic mass is 10.1. The molecule has 2 heterocycles. The number of hydrogen-bond acceptors (Lipinski definition) is 3. The summed E-state index contributed by atoms with van der Waals surface area (Å²) in [7, 11) is 0. The van der Waals surface area contributed by atoms with Crippen LogP contribution in [0, 0.1) is 0 Å². The fraction of sp³-hybridized carbons (Fsp3) is 0.316. The minimum Gasteiger partial charge on any atom is -0.340 e. The normalized spacial score (nSPS) is 15.0. The van der Waals surface area contributed by atoms with E-state index >= 15 is 0 Å². The lowest BCUT2D eigenvalue weighted by Gasteiger charge is -2.25. The molecule has 0 aliphatic carbocycles. The molecule has 0 radical (unpaired) electrons. The van der Waals surface area contributed by atoms with Gasteiger partial charge < -0.3 is 15.5 Å². The van der Waals surface area contributed by atoms with Gasteiger partial charge in [0.25, 0.3) is 0 Å². The largest absolute Gasteiger partial charge is 0.340 e. The number of hydrogen-bond donors (Lipinski definition) is 2. The van der Waals surface area contributed by atoms with Crippen LogP contribution in [0.3, 0.4) is 0 Å². The van der Waals surface area contributed by atoms with Gasteiger partial charge in [0.2, 0.25) is 5.91 Å². The molecule has 1 aromatic heterocycles. The Bertz CT molecular complexity index is 706. The molecule has 6 nitrogen and oxygen atoms in total. The van der Waals surface area contributed by atoms with E-state index in [0.29, 0.717) is 19.5 Å². The summed E-state index contributed by atoms with van der Waals surface area (Å²) >= 11 is 0. The van der Waals surface area contributed by atoms with Crippen molar-refractivity contribution in [3.05, 3.63) is 66.0 Å². The number of carbonyl (C=O) groups excluding carboxylic acids is 2. The molecule has 1 aromatic carbocycles. The van der Waals surface area contributed by atoms with Crippen molar-refractivity contribution in [3.8, 4) is 0 Å². The number of aromatic nitrogens is 1. The Hall–Kier alpha value is -2.89. The second-order valence-electron chi connectivity index (χ2n) is 6.09. The van der Waals surface area contributed by atoms with E-state index in [0.717, 1.165) is 24.1 Å². The second-order valence-corrected chi connectivity index (χ2v) is 6.09. The third kappa shape index (κ3) is 4.79. The molecule has 25 heavy (non-hydrogen) atoms. The van der Waals surface area contributed by atoms with Crippen molar-refractivity contribution in [3.63, 3.8) is 0 Å². The van der Waals surface area contributed by atoms with Crippen molar-refractivity contribution < 1.29 is 9.59 Å². The van der Waals surface area contributed by atoms with Gasteiger partial charge in [-0.1, -0.05) is 30.3 Å². The van der Waals surface area contributed by atoms with Crippen LogP contribution in [-0.2, 0) is 11.3 Å². The molecule has 1 aliphatic rings. The number of nitrogens with zero attached hydrogens (tertiary/aromatic N) is 2. The summed E-state index contributed by atoms with van der Waals surface area (Å²) in [6.07, 6.45) is 4.87. The SMILES string of the molecule is O=C(NCc1ccncc1)NC(CN1CCCC1=O)c1ccccc1. The molecule has 6 heteroatoms. The maximum Gasteiger partial charge on any atom is 0.315 e. The van der Waals surface area contributed by atoms with Crippen molar-refractivity contribution in [2.45, 2.75) is 25.4 Å². The Morgan fingerprint density at radius 1 is 1.16 bits per heavy atom. The molecule has 3 amide bonds. The average Bonchev–Trinajstić information content (AvgIpc) is 3.06. The number of nitrogens with one attached hydrogen (secondary N) is 2. The summed E-state index contributed by atoms with van der Waals surface area (Å²) in [4.78, 5) is 30.0. The number of urea groups is 1. The molecule has 130 valence electrons. The van der Waals surface area contributed by atoms with Crippen LogP contribution in [0.25, 0.3) is 0 Å². The standard InChI is InChI=1S/C19H22N4O2/c24-18-7-4-12-23(18)14-17(16-5-2-1-3-6-16)22-19(25)21-13-15-8-10-20-11-9-15/h1-3,5-6,8-11,17H,4,7,12-14H2,(H2,21,22,25). The zero-order valence-corrected chi connectivity index (χ0v) is 14.0. The van der Waals surface area contributed by atoms with Gasteiger partial charge in [0.15, 0.2) is 0 Å². The lowest BCUT2D eigenvalue weighted by molar-refractivity contribution is -0.128. The van der Waals surface area contributed by atoms with E-state index in [1.165, 1.54) is 0 Å². The van der Waals surface area contributed by atoms with E-state index in [2.05, 4.69) is 15.6 Å². The zero-order valence-electron chi connectivity index (χ0n) is 14.0. The predicted molar refractivity (Wildman–Crippen MR) is 94.6 cm³/mol. The summed E-state index contributed by atoms with van der Waals surface area (Å²) in [6, 6.07) is 13.0. The summed E-state index contributed by atoms with van der Waals surface area (Å²) in [5.41, 5.74) is 1.97. The molecule has 1 fully saturated rings. The van der Waals surface area contributed by atoms with Crippen LogP contribution >= 0.6 is 0 Å². The summed E-state index contributed by atoms with van der Waals surface area (Å²) in [6.45, 7) is 1.67. The molecule has 1 unspecified atom stereocenters. The van der Waals surface area contributed by atoms with E-state index in [4.69, 9.17) is 0 Å². The van der Waals surface area contributed by atoms with Crippen LogP contribution in [0.1, 0.15) is 30.0 Å². The maximum absolute atomic E-state index is 12.3. The van der Waals surface area contributed by atoms with E-state index < -0.39 is 0 Å². The average molecular weight is 338 g/mol. The smallest absolute Gasteiger partial charge is 0.315 e. The van der Waals surface area contributed by atoms with Gasteiger partial charge in [-0.05, 0) is 29.7 Å². The number of likely N-dealkylation sites (tertiary alicyclic amines) is 1. The quantitative estimate of drug-likeness (QED) is 0.848. The number of benzene rings is 1. The highest BCUT2D eigenvalue weighted by atomic mass is 16.2. The summed E-state index contributed by atoms with van der Waals surface area (Å²) in [5, 5.41) is 5.85. The molecule has 2 aromatic rings. The highest BCUT2D eigenvalue weighted by Gasteiger charge is 2.25. The zero-order chi connectivity index (χ0) is 17.5. The number of pyridine rings is 1. The number of carbonyl (C=O) groups is 2. The van der Waals surface area contributed by atoms with E-state index in [-0.39, 0.29) is 18.0 Å². The Morgan fingerprint density at radius 3 is 2.60 bits per heavy atom. The molecular weight excluding hydrogens is 316 g/mol. The molecule has 1 atom stereocenters. The third-order valence-electron chi connectivity index (χ3n) is 4.28. The fourth-order valence-electron chi connectivity index (χ4n) is 2.93. The minimum atomic E-state index is -0.252. The van der Waals surface area contributed by atoms with E-state index in [9.17, 15) is 9.59 Å². The first-order chi connectivity index (χ1) is 12.2. The first kappa shape index (κ1) is 17.0. The first-order valence-electron chi connectivity index (χ1n) is 8.48. The van der Waals surface area contributed by atoms with Crippen LogP contribution in [-0.4, -0.2) is 34.9 Å². The van der Waals surface area contributed by atoms with E-state index in [1.807, 2.05) is 47.4 Å². The van der Waals surface area contributed by atoms with Crippen molar-refractivity contribution in [1.82, 2.24) is 20.5 Å². The number of amides is 3. The van der Waals surface area contributed by atoms with Crippen LogP contribution in [0.5, 0.6) is 0 Å². The predicted octanol–water partition coefficient (Wildman–Crippen LogP) is 2.24. The summed E-state index contributed by atoms with van der Waals surface area (Å²) in [5.74, 6) is 0.153. The van der Waals surface area contributed by atoms with Gasteiger partial charge in [-0.25, -0.2) is 4.79 Å². The van der Waals surface area contributed by atoms with Crippen molar-refractivity contribution in [1.29, 1.82) is 0 Å². The van der Waals surface area contributed by atoms with Gasteiger partial charge in [0.1, 0.15) is 0 Å². The molecule has 0 bridgehead atoms. The number of rotatable bonds is 6. The van der Waals surface area contributed by atoms with Crippen LogP contribution in [0.15, 0.2) is 54.9 Å². The van der Waals surface area contributed by atoms with Gasteiger partial charge in [0.05, 0.1) is 6.04 Å². The molecule has 2 N–H and O–H groups in total. The van der Waals surface area contributed by atoms with Gasteiger partial charge >= 0.3 is 6.03 Å². The maximum atomic E-state index is 12.3. The van der Waals surface area contributed by atoms with Gasteiger partial charge in [0, 0.05) is 38.4 Å². The monoisotopic (exact) mass is 338 g/mol. The van der Waals surface area contributed by atoms with Gasteiger partial charge in [-0.15, -0.1) is 0 Å². The van der Waals surface area contributed by atoms with Crippen molar-refractivity contribution in [2.24, 2.45) is 0 Å². The molecule has 3 rings (SSSR count). The van der Waals surface area contributed by atoms with Gasteiger partial charge in [-0.3, -0.25) is 9.78 Å². The first-order valence-corrected chi connectivity index (χ1v) is 8.48. The third-order valence-corrected chi connectivity index (χ3v) is 4.28. The second kappa shape index (κ2) is 8.28. The fourth-order valence-corrected chi connectivity index (χ4v) is 2.93. The molecule has 0 saturated carbocycles. The minimum absolute atomic E-state index is 0.153. The van der Waals surface area contributed by atoms with Crippen molar-refractivity contribution >= 4 is 11.9 Å². The van der Waals surface area contributed by atoms with Crippen LogP contribution < -0.4 is 10.6 Å². The molecule has 0 spiro atoms. The van der Waals surface area contributed by atoms with Crippen molar-refractivity contribution in [2.75, 3.05) is 13.1 Å².